The van der Waals surface area contributed by atoms with E-state index in [2.05, 4.69) is 10.6 Å². The Bertz CT molecular complexity index is 773. The molecule has 0 aliphatic heterocycles. The summed E-state index contributed by atoms with van der Waals surface area (Å²) in [6, 6.07) is 9.56. The first-order valence-electron chi connectivity index (χ1n) is 7.20. The first-order valence-corrected chi connectivity index (χ1v) is 7.20. The van der Waals surface area contributed by atoms with E-state index in [4.69, 9.17) is 0 Å². The quantitative estimate of drug-likeness (QED) is 0.906. The number of rotatable bonds is 4. The van der Waals surface area contributed by atoms with Gasteiger partial charge in [-0.15, -0.1) is 0 Å². The van der Waals surface area contributed by atoms with E-state index in [0.29, 0.717) is 11.3 Å². The van der Waals surface area contributed by atoms with Gasteiger partial charge in [0, 0.05) is 28.9 Å². The van der Waals surface area contributed by atoms with Crippen molar-refractivity contribution in [3.05, 3.63) is 59.7 Å². The van der Waals surface area contributed by atoms with Crippen LogP contribution >= 0.6 is 0 Å². The number of benzene rings is 2. The van der Waals surface area contributed by atoms with Gasteiger partial charge in [0.2, 0.25) is 5.91 Å². The maximum absolute atomic E-state index is 13.1. The minimum Gasteiger partial charge on any atom is -0.326 e. The van der Waals surface area contributed by atoms with E-state index in [1.807, 2.05) is 0 Å². The second-order valence-corrected chi connectivity index (χ2v) is 5.43. The lowest BCUT2D eigenvalue weighted by molar-refractivity contribution is -0.117. The molecule has 2 N–H and O–H groups in total. The van der Waals surface area contributed by atoms with Gasteiger partial charge in [-0.1, -0.05) is 6.07 Å². The molecule has 2 aromatic rings. The smallest absolute Gasteiger partial charge is 0.255 e. The number of nitrogens with one attached hydrogen (secondary N) is 2. The molecule has 1 aliphatic carbocycles. The molecule has 0 unspecified atom stereocenters. The Morgan fingerprint density at radius 2 is 1.65 bits per heavy atom. The van der Waals surface area contributed by atoms with Crippen LogP contribution in [0.15, 0.2) is 42.5 Å². The third kappa shape index (κ3) is 3.71. The summed E-state index contributed by atoms with van der Waals surface area (Å²) in [5.41, 5.74) is 0.990. The van der Waals surface area contributed by atoms with E-state index in [0.717, 1.165) is 25.0 Å². The molecule has 0 bridgehead atoms. The summed E-state index contributed by atoms with van der Waals surface area (Å²) in [6.45, 7) is 0. The molecule has 1 fully saturated rings. The minimum absolute atomic E-state index is 0.0526. The summed E-state index contributed by atoms with van der Waals surface area (Å²) in [4.78, 5) is 23.9. The van der Waals surface area contributed by atoms with Crippen LogP contribution in [0.25, 0.3) is 0 Å². The Hall–Kier alpha value is -2.76. The zero-order valence-corrected chi connectivity index (χ0v) is 12.1. The van der Waals surface area contributed by atoms with Crippen molar-refractivity contribution in [3.63, 3.8) is 0 Å². The van der Waals surface area contributed by atoms with Crippen LogP contribution in [-0.2, 0) is 4.79 Å². The molecule has 4 nitrogen and oxygen atoms in total. The first-order chi connectivity index (χ1) is 11.0. The topological polar surface area (TPSA) is 58.2 Å². The molecule has 6 heteroatoms. The maximum Gasteiger partial charge on any atom is 0.255 e. The summed E-state index contributed by atoms with van der Waals surface area (Å²) < 4.78 is 26.0. The number of anilines is 2. The van der Waals surface area contributed by atoms with Crippen molar-refractivity contribution in [1.29, 1.82) is 0 Å². The highest BCUT2D eigenvalue weighted by Crippen LogP contribution is 2.30. The lowest BCUT2D eigenvalue weighted by atomic mass is 10.1. The van der Waals surface area contributed by atoms with E-state index < -0.39 is 17.5 Å². The van der Waals surface area contributed by atoms with Crippen molar-refractivity contribution in [1.82, 2.24) is 0 Å². The maximum atomic E-state index is 13.1. The van der Waals surface area contributed by atoms with E-state index in [1.165, 1.54) is 12.1 Å². The number of hydrogen-bond acceptors (Lipinski definition) is 2. The molecule has 118 valence electrons. The van der Waals surface area contributed by atoms with Crippen LogP contribution in [0.4, 0.5) is 20.2 Å². The molecular weight excluding hydrogens is 302 g/mol. The number of carbonyl (C=O) groups is 2. The summed E-state index contributed by atoms with van der Waals surface area (Å²) in [7, 11) is 0. The van der Waals surface area contributed by atoms with Gasteiger partial charge in [-0.05, 0) is 43.2 Å². The van der Waals surface area contributed by atoms with E-state index in [1.54, 1.807) is 18.2 Å². The van der Waals surface area contributed by atoms with Crippen LogP contribution in [-0.4, -0.2) is 11.8 Å². The van der Waals surface area contributed by atoms with Crippen LogP contribution in [0.1, 0.15) is 23.2 Å². The molecule has 2 amide bonds. The molecule has 23 heavy (non-hydrogen) atoms. The van der Waals surface area contributed by atoms with Crippen LogP contribution < -0.4 is 10.6 Å². The highest BCUT2D eigenvalue weighted by Gasteiger charge is 2.29. The fourth-order valence-electron chi connectivity index (χ4n) is 2.11. The Morgan fingerprint density at radius 1 is 0.913 bits per heavy atom. The molecule has 3 rings (SSSR count). The van der Waals surface area contributed by atoms with Gasteiger partial charge < -0.3 is 10.6 Å². The number of amides is 2. The fraction of sp³-hybridized carbons (Fsp3) is 0.176. The zero-order valence-electron chi connectivity index (χ0n) is 12.1. The fourth-order valence-corrected chi connectivity index (χ4v) is 2.11. The molecule has 0 radical (unpaired) electrons. The SMILES string of the molecule is O=C(Nc1ccc(F)c(F)c1)c1cccc(NC(=O)C2CC2)c1. The van der Waals surface area contributed by atoms with Crippen molar-refractivity contribution in [2.24, 2.45) is 5.92 Å². The summed E-state index contributed by atoms with van der Waals surface area (Å²) >= 11 is 0. The largest absolute Gasteiger partial charge is 0.326 e. The van der Waals surface area contributed by atoms with Gasteiger partial charge in [0.05, 0.1) is 0 Å². The zero-order chi connectivity index (χ0) is 16.4. The van der Waals surface area contributed by atoms with Crippen LogP contribution in [0.2, 0.25) is 0 Å². The predicted molar refractivity (Wildman–Crippen MR) is 82.1 cm³/mol. The van der Waals surface area contributed by atoms with Gasteiger partial charge >= 0.3 is 0 Å². The van der Waals surface area contributed by atoms with Crippen molar-refractivity contribution in [2.45, 2.75) is 12.8 Å². The number of hydrogen-bond donors (Lipinski definition) is 2. The molecule has 2 aromatic carbocycles. The standard InChI is InChI=1S/C17H14F2N2O2/c18-14-7-6-13(9-15(14)19)21-17(23)11-2-1-3-12(8-11)20-16(22)10-4-5-10/h1-3,6-10H,4-5H2,(H,20,22)(H,21,23). The highest BCUT2D eigenvalue weighted by atomic mass is 19.2. The summed E-state index contributed by atoms with van der Waals surface area (Å²) in [5.74, 6) is -2.47. The average Bonchev–Trinajstić information content (AvgIpc) is 3.36. The van der Waals surface area contributed by atoms with Crippen LogP contribution in [0, 0.1) is 17.6 Å². The second-order valence-electron chi connectivity index (χ2n) is 5.43. The first kappa shape index (κ1) is 15.1. The molecule has 1 saturated carbocycles. The molecular formula is C17H14F2N2O2. The van der Waals surface area contributed by atoms with Gasteiger partial charge in [0.25, 0.3) is 5.91 Å². The number of carbonyl (C=O) groups excluding carboxylic acids is 2. The van der Waals surface area contributed by atoms with Gasteiger partial charge in [-0.3, -0.25) is 9.59 Å². The molecule has 0 saturated heterocycles. The molecule has 0 spiro atoms. The third-order valence-electron chi connectivity index (χ3n) is 3.52. The predicted octanol–water partition coefficient (Wildman–Crippen LogP) is 3.57. The van der Waals surface area contributed by atoms with Gasteiger partial charge in [-0.25, -0.2) is 8.78 Å². The lowest BCUT2D eigenvalue weighted by Gasteiger charge is -2.08. The van der Waals surface area contributed by atoms with Crippen molar-refractivity contribution >= 4 is 23.2 Å². The molecule has 1 aliphatic rings. The third-order valence-corrected chi connectivity index (χ3v) is 3.52. The molecule has 0 aromatic heterocycles. The Morgan fingerprint density at radius 3 is 2.35 bits per heavy atom. The molecule has 0 heterocycles. The Kier molecular flexibility index (Phi) is 4.06. The Labute approximate surface area is 131 Å². The lowest BCUT2D eigenvalue weighted by Crippen LogP contribution is -2.15. The van der Waals surface area contributed by atoms with Crippen LogP contribution in [0.3, 0.4) is 0 Å². The normalized spacial score (nSPS) is 13.5. The van der Waals surface area contributed by atoms with E-state index in [-0.39, 0.29) is 17.5 Å². The molecule has 0 atom stereocenters. The Balaban J connectivity index is 1.71. The number of halogens is 2. The average molecular weight is 316 g/mol. The van der Waals surface area contributed by atoms with Gasteiger partial charge in [0.1, 0.15) is 0 Å². The van der Waals surface area contributed by atoms with Crippen molar-refractivity contribution in [2.75, 3.05) is 10.6 Å². The van der Waals surface area contributed by atoms with Crippen molar-refractivity contribution in [3.8, 4) is 0 Å². The van der Waals surface area contributed by atoms with Gasteiger partial charge in [-0.2, -0.15) is 0 Å². The van der Waals surface area contributed by atoms with Crippen LogP contribution in [0.5, 0.6) is 0 Å². The summed E-state index contributed by atoms with van der Waals surface area (Å²) in [6.07, 6.45) is 1.78. The van der Waals surface area contributed by atoms with Gasteiger partial charge in [0.15, 0.2) is 11.6 Å². The van der Waals surface area contributed by atoms with Crippen molar-refractivity contribution < 1.29 is 18.4 Å². The van der Waals surface area contributed by atoms with E-state index >= 15 is 0 Å². The monoisotopic (exact) mass is 316 g/mol. The van der Waals surface area contributed by atoms with E-state index in [9.17, 15) is 18.4 Å². The second kappa shape index (κ2) is 6.16. The minimum atomic E-state index is -1.03. The summed E-state index contributed by atoms with van der Waals surface area (Å²) in [5, 5.41) is 5.23. The highest BCUT2D eigenvalue weighted by molar-refractivity contribution is 6.05.